The number of hydrogen-bond acceptors (Lipinski definition) is 3. The molecule has 0 spiro atoms. The Labute approximate surface area is 116 Å². The van der Waals surface area contributed by atoms with Gasteiger partial charge in [-0.15, -0.1) is 0 Å². The number of benzene rings is 1. The van der Waals surface area contributed by atoms with Crippen molar-refractivity contribution in [3.8, 4) is 0 Å². The van der Waals surface area contributed by atoms with Crippen LogP contribution in [0.5, 0.6) is 0 Å². The van der Waals surface area contributed by atoms with E-state index in [1.54, 1.807) is 0 Å². The Balaban J connectivity index is 1.49. The van der Waals surface area contributed by atoms with Crippen molar-refractivity contribution in [1.82, 2.24) is 9.80 Å². The zero-order chi connectivity index (χ0) is 13.2. The molecule has 3 nitrogen and oxygen atoms in total. The number of nitrogens with two attached hydrogens (primary N) is 1. The summed E-state index contributed by atoms with van der Waals surface area (Å²) < 4.78 is 0. The van der Waals surface area contributed by atoms with E-state index >= 15 is 0 Å². The Morgan fingerprint density at radius 3 is 2.42 bits per heavy atom. The topological polar surface area (TPSA) is 32.5 Å². The summed E-state index contributed by atoms with van der Waals surface area (Å²) in [6, 6.07) is 6.47. The van der Waals surface area contributed by atoms with Crippen LogP contribution < -0.4 is 5.73 Å². The van der Waals surface area contributed by atoms with E-state index in [4.69, 9.17) is 5.73 Å². The number of anilines is 1. The molecule has 3 heteroatoms. The van der Waals surface area contributed by atoms with Crippen molar-refractivity contribution < 1.29 is 0 Å². The lowest BCUT2D eigenvalue weighted by Gasteiger charge is -2.34. The van der Waals surface area contributed by atoms with Crippen molar-refractivity contribution in [1.29, 1.82) is 0 Å². The van der Waals surface area contributed by atoms with E-state index in [2.05, 4.69) is 34.9 Å². The van der Waals surface area contributed by atoms with E-state index in [1.165, 1.54) is 56.7 Å². The highest BCUT2D eigenvalue weighted by Gasteiger charge is 2.26. The molecule has 1 heterocycles. The molecule has 2 fully saturated rings. The summed E-state index contributed by atoms with van der Waals surface area (Å²) in [7, 11) is 0. The Hall–Kier alpha value is -1.06. The molecule has 19 heavy (non-hydrogen) atoms. The average molecular weight is 259 g/mol. The Morgan fingerprint density at radius 1 is 1.11 bits per heavy atom. The van der Waals surface area contributed by atoms with Gasteiger partial charge in [-0.05, 0) is 42.9 Å². The van der Waals surface area contributed by atoms with Crippen LogP contribution in [0.1, 0.15) is 24.0 Å². The molecule has 1 aliphatic carbocycles. The van der Waals surface area contributed by atoms with Crippen molar-refractivity contribution in [2.45, 2.75) is 26.3 Å². The second-order valence-electron chi connectivity index (χ2n) is 6.21. The number of rotatable bonds is 4. The first-order chi connectivity index (χ1) is 9.20. The van der Waals surface area contributed by atoms with Gasteiger partial charge in [0.05, 0.1) is 0 Å². The molecular formula is C16H25N3. The third-order valence-corrected chi connectivity index (χ3v) is 4.43. The van der Waals surface area contributed by atoms with E-state index in [0.29, 0.717) is 0 Å². The molecule has 0 aromatic heterocycles. The lowest BCUT2D eigenvalue weighted by atomic mass is 10.1. The normalized spacial score (nSPS) is 21.7. The molecule has 0 amide bonds. The van der Waals surface area contributed by atoms with Gasteiger partial charge < -0.3 is 10.6 Å². The minimum Gasteiger partial charge on any atom is -0.399 e. The summed E-state index contributed by atoms with van der Waals surface area (Å²) in [4.78, 5) is 5.19. The van der Waals surface area contributed by atoms with E-state index in [1.807, 2.05) is 0 Å². The number of piperazine rings is 1. The molecule has 1 aromatic carbocycles. The van der Waals surface area contributed by atoms with Crippen LogP contribution in [-0.2, 0) is 6.54 Å². The predicted molar refractivity (Wildman–Crippen MR) is 80.0 cm³/mol. The molecule has 0 bridgehead atoms. The Kier molecular flexibility index (Phi) is 3.76. The van der Waals surface area contributed by atoms with Crippen LogP contribution >= 0.6 is 0 Å². The predicted octanol–water partition coefficient (Wildman–Crippen LogP) is 2.10. The monoisotopic (exact) mass is 259 g/mol. The lowest BCUT2D eigenvalue weighted by molar-refractivity contribution is 0.123. The first-order valence-corrected chi connectivity index (χ1v) is 7.50. The smallest absolute Gasteiger partial charge is 0.0346 e. The summed E-state index contributed by atoms with van der Waals surface area (Å²) in [5, 5.41) is 0. The molecule has 1 aliphatic heterocycles. The van der Waals surface area contributed by atoms with Crippen LogP contribution in [0.2, 0.25) is 0 Å². The molecule has 1 aromatic rings. The Morgan fingerprint density at radius 2 is 1.79 bits per heavy atom. The van der Waals surface area contributed by atoms with Gasteiger partial charge in [0.15, 0.2) is 0 Å². The Bertz CT molecular complexity index is 432. The minimum absolute atomic E-state index is 0.921. The standard InChI is InChI=1S/C16H25N3/c1-13-2-3-15(10-16(13)17)12-19-8-6-18(7-9-19)11-14-4-5-14/h2-3,10,14H,4-9,11-12,17H2,1H3. The van der Waals surface area contributed by atoms with Crippen LogP contribution in [0, 0.1) is 12.8 Å². The highest BCUT2D eigenvalue weighted by molar-refractivity contribution is 5.48. The van der Waals surface area contributed by atoms with E-state index in [-0.39, 0.29) is 0 Å². The highest BCUT2D eigenvalue weighted by atomic mass is 15.3. The molecular weight excluding hydrogens is 234 g/mol. The molecule has 0 atom stereocenters. The van der Waals surface area contributed by atoms with Gasteiger partial charge in [0.2, 0.25) is 0 Å². The molecule has 3 rings (SSSR count). The van der Waals surface area contributed by atoms with Crippen LogP contribution in [0.4, 0.5) is 5.69 Å². The first kappa shape index (κ1) is 12.9. The number of nitrogens with zero attached hydrogens (tertiary/aromatic N) is 2. The van der Waals surface area contributed by atoms with Gasteiger partial charge in [-0.2, -0.15) is 0 Å². The molecule has 2 N–H and O–H groups in total. The van der Waals surface area contributed by atoms with Crippen LogP contribution in [-0.4, -0.2) is 42.5 Å². The number of aryl methyl sites for hydroxylation is 1. The third kappa shape index (κ3) is 3.48. The fourth-order valence-electron chi connectivity index (χ4n) is 2.84. The van der Waals surface area contributed by atoms with Crippen molar-refractivity contribution in [3.05, 3.63) is 29.3 Å². The summed E-state index contributed by atoms with van der Waals surface area (Å²) in [5.41, 5.74) is 9.43. The SMILES string of the molecule is Cc1ccc(CN2CCN(CC3CC3)CC2)cc1N. The third-order valence-electron chi connectivity index (χ3n) is 4.43. The minimum atomic E-state index is 0.921. The van der Waals surface area contributed by atoms with E-state index in [9.17, 15) is 0 Å². The fraction of sp³-hybridized carbons (Fsp3) is 0.625. The number of hydrogen-bond donors (Lipinski definition) is 1. The van der Waals surface area contributed by atoms with Crippen molar-refractivity contribution in [3.63, 3.8) is 0 Å². The second-order valence-corrected chi connectivity index (χ2v) is 6.21. The molecule has 104 valence electrons. The van der Waals surface area contributed by atoms with Crippen LogP contribution in [0.3, 0.4) is 0 Å². The van der Waals surface area contributed by atoms with Gasteiger partial charge in [0, 0.05) is 45.0 Å². The molecule has 1 saturated carbocycles. The van der Waals surface area contributed by atoms with Crippen LogP contribution in [0.25, 0.3) is 0 Å². The van der Waals surface area contributed by atoms with Crippen molar-refractivity contribution in [2.24, 2.45) is 5.92 Å². The van der Waals surface area contributed by atoms with Gasteiger partial charge >= 0.3 is 0 Å². The molecule has 1 saturated heterocycles. The zero-order valence-corrected chi connectivity index (χ0v) is 11.9. The number of nitrogen functional groups attached to an aromatic ring is 1. The summed E-state index contributed by atoms with van der Waals surface area (Å²) in [6.07, 6.45) is 2.92. The van der Waals surface area contributed by atoms with Crippen molar-refractivity contribution in [2.75, 3.05) is 38.5 Å². The lowest BCUT2D eigenvalue weighted by Crippen LogP contribution is -2.46. The maximum Gasteiger partial charge on any atom is 0.0346 e. The summed E-state index contributed by atoms with van der Waals surface area (Å²) in [5.74, 6) is 1.02. The van der Waals surface area contributed by atoms with Crippen molar-refractivity contribution >= 4 is 5.69 Å². The first-order valence-electron chi connectivity index (χ1n) is 7.50. The van der Waals surface area contributed by atoms with Gasteiger partial charge in [-0.3, -0.25) is 4.90 Å². The van der Waals surface area contributed by atoms with Gasteiger partial charge in [0.1, 0.15) is 0 Å². The van der Waals surface area contributed by atoms with Gasteiger partial charge in [-0.1, -0.05) is 12.1 Å². The fourth-order valence-corrected chi connectivity index (χ4v) is 2.84. The van der Waals surface area contributed by atoms with Crippen LogP contribution in [0.15, 0.2) is 18.2 Å². The summed E-state index contributed by atoms with van der Waals surface area (Å²) in [6.45, 7) is 9.31. The molecule has 2 aliphatic rings. The highest BCUT2D eigenvalue weighted by Crippen LogP contribution is 2.30. The molecule has 0 radical (unpaired) electrons. The van der Waals surface area contributed by atoms with Gasteiger partial charge in [0.25, 0.3) is 0 Å². The summed E-state index contributed by atoms with van der Waals surface area (Å²) >= 11 is 0. The maximum atomic E-state index is 5.98. The quantitative estimate of drug-likeness (QED) is 0.841. The average Bonchev–Trinajstić information content (AvgIpc) is 3.20. The maximum absolute atomic E-state index is 5.98. The van der Waals surface area contributed by atoms with E-state index < -0.39 is 0 Å². The van der Waals surface area contributed by atoms with Gasteiger partial charge in [-0.25, -0.2) is 0 Å². The zero-order valence-electron chi connectivity index (χ0n) is 11.9. The second kappa shape index (κ2) is 5.51. The van der Waals surface area contributed by atoms with E-state index in [0.717, 1.165) is 18.2 Å². The molecule has 0 unspecified atom stereocenters. The largest absolute Gasteiger partial charge is 0.399 e.